The number of hydrogen-bond acceptors (Lipinski definition) is 6. The number of halogens is 1. The smallest absolute Gasteiger partial charge is 0.231 e. The standard InChI is InChI=1S/C24H26ClN3O3S/c1-4-28-13-16(15(2)26-28)12-27-8-7-23(32-24-9-17(29-3)5-6-20(24)27)18-10-21-22(11-19(18)25)31-14-30-21/h5-6,9-11,13,23H,4,7-8,12,14H2,1-3H3/t23-/m1/s1. The number of thioether (sulfide) groups is 1. The summed E-state index contributed by atoms with van der Waals surface area (Å²) >= 11 is 8.51. The quantitative estimate of drug-likeness (QED) is 0.465. The van der Waals surface area contributed by atoms with Gasteiger partial charge in [-0.3, -0.25) is 4.68 Å². The molecule has 0 unspecified atom stereocenters. The van der Waals surface area contributed by atoms with Crippen LogP contribution in [-0.4, -0.2) is 30.2 Å². The number of anilines is 1. The van der Waals surface area contributed by atoms with E-state index in [9.17, 15) is 0 Å². The Morgan fingerprint density at radius 2 is 2.03 bits per heavy atom. The van der Waals surface area contributed by atoms with Gasteiger partial charge in [-0.15, -0.1) is 11.8 Å². The third-order valence-electron chi connectivity index (χ3n) is 6.01. The Morgan fingerprint density at radius 1 is 1.22 bits per heavy atom. The van der Waals surface area contributed by atoms with Crippen molar-refractivity contribution >= 4 is 29.1 Å². The first-order valence-electron chi connectivity index (χ1n) is 10.8. The zero-order valence-corrected chi connectivity index (χ0v) is 20.0. The zero-order chi connectivity index (χ0) is 22.2. The van der Waals surface area contributed by atoms with Gasteiger partial charge in [0.2, 0.25) is 6.79 Å². The van der Waals surface area contributed by atoms with Crippen LogP contribution in [0.2, 0.25) is 5.02 Å². The van der Waals surface area contributed by atoms with E-state index in [-0.39, 0.29) is 12.0 Å². The van der Waals surface area contributed by atoms with E-state index in [4.69, 9.17) is 25.8 Å². The van der Waals surface area contributed by atoms with Gasteiger partial charge in [-0.25, -0.2) is 0 Å². The molecule has 0 N–H and O–H groups in total. The highest BCUT2D eigenvalue weighted by Crippen LogP contribution is 2.50. The first-order chi connectivity index (χ1) is 15.6. The molecule has 2 aliphatic heterocycles. The Hall–Kier alpha value is -2.51. The first-order valence-corrected chi connectivity index (χ1v) is 12.0. The number of hydrogen-bond donors (Lipinski definition) is 0. The first kappa shape index (κ1) is 21.3. The fraction of sp³-hybridized carbons (Fsp3) is 0.375. The van der Waals surface area contributed by atoms with E-state index in [1.807, 2.05) is 34.6 Å². The van der Waals surface area contributed by atoms with Gasteiger partial charge < -0.3 is 19.1 Å². The molecule has 1 aromatic heterocycles. The van der Waals surface area contributed by atoms with E-state index in [0.717, 1.165) is 48.8 Å². The van der Waals surface area contributed by atoms with Gasteiger partial charge in [0, 0.05) is 52.6 Å². The SMILES string of the molecule is CCn1cc(CN2CC[C@H](c3cc4c(cc3Cl)OCO4)Sc3cc(OC)ccc32)c(C)n1. The molecule has 3 aromatic rings. The van der Waals surface area contributed by atoms with E-state index in [0.29, 0.717) is 10.8 Å². The average Bonchev–Trinajstić information content (AvgIpc) is 3.35. The van der Waals surface area contributed by atoms with Crippen LogP contribution in [0.3, 0.4) is 0 Å². The summed E-state index contributed by atoms with van der Waals surface area (Å²) in [6, 6.07) is 10.2. The van der Waals surface area contributed by atoms with Crippen LogP contribution in [0.5, 0.6) is 17.2 Å². The normalized spacial score (nSPS) is 17.2. The minimum Gasteiger partial charge on any atom is -0.497 e. The summed E-state index contributed by atoms with van der Waals surface area (Å²) in [6.07, 6.45) is 3.10. The summed E-state index contributed by atoms with van der Waals surface area (Å²) in [5.41, 5.74) is 4.61. The third-order valence-corrected chi connectivity index (χ3v) is 7.69. The Balaban J connectivity index is 1.50. The van der Waals surface area contributed by atoms with Crippen molar-refractivity contribution < 1.29 is 14.2 Å². The van der Waals surface area contributed by atoms with Crippen molar-refractivity contribution in [1.29, 1.82) is 0 Å². The molecule has 0 saturated heterocycles. The molecule has 5 rings (SSSR count). The van der Waals surface area contributed by atoms with Crippen molar-refractivity contribution in [3.63, 3.8) is 0 Å². The number of ether oxygens (including phenoxy) is 3. The van der Waals surface area contributed by atoms with Crippen LogP contribution in [0.15, 0.2) is 41.4 Å². The molecular weight excluding hydrogens is 446 g/mol. The molecule has 0 bridgehead atoms. The van der Waals surface area contributed by atoms with Gasteiger partial charge in [-0.1, -0.05) is 11.6 Å². The van der Waals surface area contributed by atoms with Crippen LogP contribution >= 0.6 is 23.4 Å². The van der Waals surface area contributed by atoms with E-state index < -0.39 is 0 Å². The second-order valence-corrected chi connectivity index (χ2v) is 9.62. The molecule has 0 aliphatic carbocycles. The maximum absolute atomic E-state index is 6.69. The number of nitrogens with zero attached hydrogens (tertiary/aromatic N) is 3. The Bertz CT molecular complexity index is 1150. The van der Waals surface area contributed by atoms with Crippen molar-refractivity contribution in [1.82, 2.24) is 9.78 Å². The maximum atomic E-state index is 6.69. The predicted octanol–water partition coefficient (Wildman–Crippen LogP) is 5.85. The fourth-order valence-electron chi connectivity index (χ4n) is 4.23. The van der Waals surface area contributed by atoms with E-state index in [1.165, 1.54) is 16.1 Å². The lowest BCUT2D eigenvalue weighted by Gasteiger charge is -2.24. The molecule has 32 heavy (non-hydrogen) atoms. The number of rotatable bonds is 5. The minimum atomic E-state index is 0.187. The van der Waals surface area contributed by atoms with Crippen molar-refractivity contribution in [3.8, 4) is 17.2 Å². The molecule has 1 atom stereocenters. The van der Waals surface area contributed by atoms with E-state index in [2.05, 4.69) is 42.2 Å². The van der Waals surface area contributed by atoms with Gasteiger partial charge >= 0.3 is 0 Å². The Morgan fingerprint density at radius 3 is 2.78 bits per heavy atom. The van der Waals surface area contributed by atoms with Gasteiger partial charge in [0.05, 0.1) is 18.5 Å². The van der Waals surface area contributed by atoms with Gasteiger partial charge in [0.1, 0.15) is 5.75 Å². The molecule has 0 amide bonds. The molecule has 2 aliphatic rings. The highest BCUT2D eigenvalue weighted by atomic mass is 35.5. The van der Waals surface area contributed by atoms with Crippen LogP contribution in [-0.2, 0) is 13.1 Å². The van der Waals surface area contributed by atoms with Gasteiger partial charge in [-0.05, 0) is 50.1 Å². The Labute approximate surface area is 197 Å². The molecule has 3 heterocycles. The topological polar surface area (TPSA) is 48.8 Å². The fourth-order valence-corrected chi connectivity index (χ4v) is 5.93. The van der Waals surface area contributed by atoms with E-state index in [1.54, 1.807) is 7.11 Å². The summed E-state index contributed by atoms with van der Waals surface area (Å²) in [5, 5.41) is 5.53. The monoisotopic (exact) mass is 471 g/mol. The maximum Gasteiger partial charge on any atom is 0.231 e. The average molecular weight is 472 g/mol. The lowest BCUT2D eigenvalue weighted by molar-refractivity contribution is 0.174. The van der Waals surface area contributed by atoms with Crippen molar-refractivity contribution in [2.75, 3.05) is 25.3 Å². The summed E-state index contributed by atoms with van der Waals surface area (Å²) in [5.74, 6) is 2.33. The van der Waals surface area contributed by atoms with Crippen LogP contribution < -0.4 is 19.1 Å². The van der Waals surface area contributed by atoms with E-state index >= 15 is 0 Å². The summed E-state index contributed by atoms with van der Waals surface area (Å²) in [6.45, 7) is 7.02. The number of aromatic nitrogens is 2. The highest BCUT2D eigenvalue weighted by molar-refractivity contribution is 7.99. The van der Waals surface area contributed by atoms with Crippen LogP contribution in [0.1, 0.15) is 35.4 Å². The molecule has 0 saturated carbocycles. The minimum absolute atomic E-state index is 0.187. The second kappa shape index (κ2) is 8.79. The molecule has 0 spiro atoms. The molecule has 0 fully saturated rings. The number of methoxy groups -OCH3 is 1. The lowest BCUT2D eigenvalue weighted by atomic mass is 10.1. The van der Waals surface area contributed by atoms with Gasteiger partial charge in [0.15, 0.2) is 11.5 Å². The number of benzene rings is 2. The zero-order valence-electron chi connectivity index (χ0n) is 18.4. The predicted molar refractivity (Wildman–Crippen MR) is 127 cm³/mol. The Kier molecular flexibility index (Phi) is 5.86. The van der Waals surface area contributed by atoms with Crippen LogP contribution in [0, 0.1) is 6.92 Å². The third kappa shape index (κ3) is 3.99. The summed E-state index contributed by atoms with van der Waals surface area (Å²) in [7, 11) is 1.70. The molecule has 8 heteroatoms. The van der Waals surface area contributed by atoms with Crippen molar-refractivity contribution in [2.24, 2.45) is 0 Å². The lowest BCUT2D eigenvalue weighted by Crippen LogP contribution is -2.24. The van der Waals surface area contributed by atoms with Crippen molar-refractivity contribution in [3.05, 3.63) is 58.4 Å². The highest BCUT2D eigenvalue weighted by Gasteiger charge is 2.28. The largest absolute Gasteiger partial charge is 0.497 e. The molecular formula is C24H26ClN3O3S. The molecule has 0 radical (unpaired) electrons. The van der Waals surface area contributed by atoms with Gasteiger partial charge in [0.25, 0.3) is 0 Å². The molecule has 2 aromatic carbocycles. The molecule has 6 nitrogen and oxygen atoms in total. The van der Waals surface area contributed by atoms with Crippen LogP contribution in [0.4, 0.5) is 5.69 Å². The summed E-state index contributed by atoms with van der Waals surface area (Å²) in [4.78, 5) is 3.62. The number of fused-ring (bicyclic) bond motifs is 2. The summed E-state index contributed by atoms with van der Waals surface area (Å²) < 4.78 is 18.6. The number of aryl methyl sites for hydroxylation is 2. The van der Waals surface area contributed by atoms with Crippen molar-refractivity contribution in [2.45, 2.75) is 43.5 Å². The molecule has 168 valence electrons. The second-order valence-electron chi connectivity index (χ2n) is 7.97. The van der Waals surface area contributed by atoms with Gasteiger partial charge in [-0.2, -0.15) is 5.10 Å². The van der Waals surface area contributed by atoms with Crippen LogP contribution in [0.25, 0.3) is 0 Å².